The van der Waals surface area contributed by atoms with Gasteiger partial charge >= 0.3 is 0 Å². The molecule has 0 saturated heterocycles. The average molecular weight is 620 g/mol. The lowest BCUT2D eigenvalue weighted by atomic mass is 10.0. The third kappa shape index (κ3) is 8.71. The van der Waals surface area contributed by atoms with E-state index in [9.17, 15) is 18.0 Å². The Labute approximate surface area is 258 Å². The Morgan fingerprint density at radius 2 is 1.66 bits per heavy atom. The van der Waals surface area contributed by atoms with Crippen molar-refractivity contribution in [3.05, 3.63) is 95.9 Å². The van der Waals surface area contributed by atoms with E-state index >= 15 is 0 Å². The molecule has 3 aromatic carbocycles. The first-order chi connectivity index (χ1) is 21.0. The molecule has 0 atom stereocenters. The normalized spacial score (nSPS) is 11.8. The van der Waals surface area contributed by atoms with Crippen LogP contribution < -0.4 is 20.1 Å². The lowest BCUT2D eigenvalue weighted by Crippen LogP contribution is -2.29. The number of sulfonamides is 1. The average Bonchev–Trinajstić information content (AvgIpc) is 3.03. The summed E-state index contributed by atoms with van der Waals surface area (Å²) in [5.41, 5.74) is 3.12. The molecule has 0 heterocycles. The van der Waals surface area contributed by atoms with E-state index in [-0.39, 0.29) is 28.3 Å². The van der Waals surface area contributed by atoms with Crippen molar-refractivity contribution in [3.63, 3.8) is 0 Å². The summed E-state index contributed by atoms with van der Waals surface area (Å²) in [4.78, 5) is 30.0. The monoisotopic (exact) mass is 619 g/mol. The second kappa shape index (κ2) is 15.4. The van der Waals surface area contributed by atoms with E-state index in [1.165, 1.54) is 31.3 Å². The number of carbonyl (C=O) groups excluding carboxylic acids is 2. The van der Waals surface area contributed by atoms with Gasteiger partial charge in [0.1, 0.15) is 10.6 Å². The van der Waals surface area contributed by atoms with Gasteiger partial charge in [-0.1, -0.05) is 30.3 Å². The van der Waals surface area contributed by atoms with E-state index in [1.54, 1.807) is 87.8 Å². The van der Waals surface area contributed by atoms with Crippen LogP contribution in [0.1, 0.15) is 17.3 Å². The van der Waals surface area contributed by atoms with Crippen LogP contribution in [0.2, 0.25) is 0 Å². The number of benzene rings is 3. The SMILES string of the molecule is C=N/C(=C\C(=C\C)C(=O)NCCNc1cccc(NS(=O)(=O)c2cc(-c3cccc(C(=O)N(C)C)c3)ccc2OC)c1)OC. The molecular formula is C32H37N5O6S. The van der Waals surface area contributed by atoms with E-state index in [2.05, 4.69) is 27.1 Å². The van der Waals surface area contributed by atoms with Gasteiger partial charge in [-0.2, -0.15) is 0 Å². The van der Waals surface area contributed by atoms with E-state index in [0.29, 0.717) is 46.7 Å². The molecule has 0 bridgehead atoms. The van der Waals surface area contributed by atoms with Crippen LogP contribution in [-0.4, -0.2) is 73.3 Å². The van der Waals surface area contributed by atoms with Gasteiger partial charge in [-0.05, 0) is 67.2 Å². The molecule has 0 radical (unpaired) electrons. The number of allylic oxidation sites excluding steroid dienone is 1. The van der Waals surface area contributed by atoms with Crippen molar-refractivity contribution < 1.29 is 27.5 Å². The first kappa shape index (κ1) is 33.4. The Morgan fingerprint density at radius 1 is 0.955 bits per heavy atom. The summed E-state index contributed by atoms with van der Waals surface area (Å²) in [6.45, 7) is 5.81. The number of amides is 2. The summed E-state index contributed by atoms with van der Waals surface area (Å²) in [6.07, 6.45) is 3.12. The van der Waals surface area contributed by atoms with Crippen molar-refractivity contribution in [3.8, 4) is 16.9 Å². The van der Waals surface area contributed by atoms with Crippen LogP contribution in [0.5, 0.6) is 5.75 Å². The zero-order valence-corrected chi connectivity index (χ0v) is 26.2. The van der Waals surface area contributed by atoms with Gasteiger partial charge in [0.25, 0.3) is 21.8 Å². The third-order valence-electron chi connectivity index (χ3n) is 6.37. The molecule has 0 fully saturated rings. The number of ether oxygens (including phenoxy) is 2. The number of anilines is 2. The van der Waals surface area contributed by atoms with Gasteiger partial charge in [-0.15, -0.1) is 0 Å². The number of methoxy groups -OCH3 is 2. The molecule has 12 heteroatoms. The summed E-state index contributed by atoms with van der Waals surface area (Å²) in [5.74, 6) is -0.0716. The van der Waals surface area contributed by atoms with Crippen molar-refractivity contribution in [1.29, 1.82) is 0 Å². The van der Waals surface area contributed by atoms with E-state index < -0.39 is 10.0 Å². The molecule has 0 saturated carbocycles. The predicted octanol–water partition coefficient (Wildman–Crippen LogP) is 4.53. The van der Waals surface area contributed by atoms with Crippen molar-refractivity contribution in [2.45, 2.75) is 11.8 Å². The number of hydrogen-bond donors (Lipinski definition) is 3. The third-order valence-corrected chi connectivity index (χ3v) is 7.78. The van der Waals surface area contributed by atoms with Crippen LogP contribution >= 0.6 is 0 Å². The summed E-state index contributed by atoms with van der Waals surface area (Å²) >= 11 is 0. The van der Waals surface area contributed by atoms with Crippen molar-refractivity contribution in [1.82, 2.24) is 10.2 Å². The first-order valence-corrected chi connectivity index (χ1v) is 15.0. The van der Waals surface area contributed by atoms with E-state index in [1.807, 2.05) is 0 Å². The van der Waals surface area contributed by atoms with Gasteiger partial charge in [0.2, 0.25) is 5.88 Å². The van der Waals surface area contributed by atoms with E-state index in [4.69, 9.17) is 9.47 Å². The van der Waals surface area contributed by atoms with Crippen LogP contribution in [0.4, 0.5) is 11.4 Å². The van der Waals surface area contributed by atoms with Gasteiger partial charge in [0.05, 0.1) is 19.9 Å². The molecular weight excluding hydrogens is 582 g/mol. The van der Waals surface area contributed by atoms with Crippen molar-refractivity contribution in [2.75, 3.05) is 51.4 Å². The Kier molecular flexibility index (Phi) is 11.7. The zero-order valence-electron chi connectivity index (χ0n) is 25.4. The standard InChI is InChI=1S/C32H37N5O6S/c1-7-22(20-30(33-2)43-6)31(38)35-17-16-34-26-12-9-13-27(21-26)36-44(40,41)29-19-24(14-15-28(29)42-5)23-10-8-11-25(18-23)32(39)37(3)4/h7-15,18-21,34,36H,2,16-17H2,1,3-6H3,(H,35,38)/b22-7-,30-20+. The minimum atomic E-state index is -4.08. The predicted molar refractivity (Wildman–Crippen MR) is 174 cm³/mol. The number of nitrogens with one attached hydrogen (secondary N) is 3. The maximum absolute atomic E-state index is 13.5. The van der Waals surface area contributed by atoms with Crippen LogP contribution in [-0.2, 0) is 19.6 Å². The molecule has 0 aliphatic carbocycles. The van der Waals surface area contributed by atoms with Gasteiger partial charge < -0.3 is 25.0 Å². The quantitative estimate of drug-likeness (QED) is 0.0793. The second-order valence-corrected chi connectivity index (χ2v) is 11.3. The summed E-state index contributed by atoms with van der Waals surface area (Å²) < 4.78 is 40.1. The van der Waals surface area contributed by atoms with Gasteiger partial charge in [-0.25, -0.2) is 13.4 Å². The number of carbonyl (C=O) groups is 2. The van der Waals surface area contributed by atoms with Crippen LogP contribution in [0.15, 0.2) is 100 Å². The molecule has 0 aromatic heterocycles. The molecule has 3 N–H and O–H groups in total. The van der Waals surface area contributed by atoms with Gasteiger partial charge in [0, 0.05) is 50.1 Å². The minimum Gasteiger partial charge on any atom is -0.495 e. The highest BCUT2D eigenvalue weighted by Gasteiger charge is 2.21. The van der Waals surface area contributed by atoms with Crippen LogP contribution in [0, 0.1) is 0 Å². The van der Waals surface area contributed by atoms with Crippen LogP contribution in [0.25, 0.3) is 11.1 Å². The Bertz CT molecular complexity index is 1680. The van der Waals surface area contributed by atoms with Crippen molar-refractivity contribution in [2.24, 2.45) is 4.99 Å². The van der Waals surface area contributed by atoms with E-state index in [0.717, 1.165) is 0 Å². The molecule has 3 rings (SSSR count). The first-order valence-electron chi connectivity index (χ1n) is 13.6. The van der Waals surface area contributed by atoms with Gasteiger partial charge in [0.15, 0.2) is 0 Å². The topological polar surface area (TPSA) is 138 Å². The molecule has 3 aromatic rings. The molecule has 44 heavy (non-hydrogen) atoms. The summed E-state index contributed by atoms with van der Waals surface area (Å²) in [7, 11) is 2.10. The molecule has 232 valence electrons. The lowest BCUT2D eigenvalue weighted by molar-refractivity contribution is -0.117. The summed E-state index contributed by atoms with van der Waals surface area (Å²) in [6, 6.07) is 18.6. The molecule has 2 amide bonds. The molecule has 0 aliphatic heterocycles. The Balaban J connectivity index is 1.73. The van der Waals surface area contributed by atoms with Crippen molar-refractivity contribution >= 4 is 39.9 Å². The Hall–Kier alpha value is -5.10. The molecule has 0 unspecified atom stereocenters. The summed E-state index contributed by atoms with van der Waals surface area (Å²) in [5, 5.41) is 5.97. The lowest BCUT2D eigenvalue weighted by Gasteiger charge is -2.15. The van der Waals surface area contributed by atoms with Gasteiger partial charge in [-0.3, -0.25) is 14.3 Å². The Morgan fingerprint density at radius 3 is 2.32 bits per heavy atom. The maximum Gasteiger partial charge on any atom is 0.265 e. The number of nitrogens with zero attached hydrogens (tertiary/aromatic N) is 2. The minimum absolute atomic E-state index is 0.0555. The molecule has 0 spiro atoms. The largest absolute Gasteiger partial charge is 0.495 e. The fourth-order valence-electron chi connectivity index (χ4n) is 4.13. The number of aliphatic imine (C=N–C) groups is 1. The molecule has 11 nitrogen and oxygen atoms in total. The number of rotatable bonds is 14. The molecule has 0 aliphatic rings. The zero-order chi connectivity index (χ0) is 32.3. The van der Waals surface area contributed by atoms with Crippen LogP contribution in [0.3, 0.4) is 0 Å². The highest BCUT2D eigenvalue weighted by Crippen LogP contribution is 2.32. The maximum atomic E-state index is 13.5. The fourth-order valence-corrected chi connectivity index (χ4v) is 5.37. The smallest absolute Gasteiger partial charge is 0.265 e. The second-order valence-electron chi connectivity index (χ2n) is 9.60. The number of hydrogen-bond acceptors (Lipinski definition) is 8. The fraction of sp³-hybridized carbons (Fsp3) is 0.219. The highest BCUT2D eigenvalue weighted by molar-refractivity contribution is 7.92. The highest BCUT2D eigenvalue weighted by atomic mass is 32.2.